The van der Waals surface area contributed by atoms with Gasteiger partial charge in [-0.1, -0.05) is 37.5 Å². The predicted octanol–water partition coefficient (Wildman–Crippen LogP) is 2.43. The van der Waals surface area contributed by atoms with Crippen molar-refractivity contribution in [1.29, 1.82) is 0 Å². The molecule has 1 aliphatic heterocycles. The third kappa shape index (κ3) is 3.93. The second-order valence-corrected chi connectivity index (χ2v) is 9.66. The Kier molecular flexibility index (Phi) is 6.10. The Balaban J connectivity index is 1.94. The van der Waals surface area contributed by atoms with Gasteiger partial charge in [0.1, 0.15) is 18.4 Å². The van der Waals surface area contributed by atoms with Crippen LogP contribution >= 0.6 is 11.3 Å². The second kappa shape index (κ2) is 8.82. The van der Waals surface area contributed by atoms with Gasteiger partial charge in [-0.25, -0.2) is 9.78 Å². The molecule has 0 bridgehead atoms. The molecule has 1 fully saturated rings. The van der Waals surface area contributed by atoms with Crippen molar-refractivity contribution in [2.75, 3.05) is 0 Å². The van der Waals surface area contributed by atoms with E-state index in [2.05, 4.69) is 15.0 Å². The number of thiazole rings is 1. The highest BCUT2D eigenvalue weighted by molar-refractivity contribution is 7.09. The molecule has 3 aromatic rings. The van der Waals surface area contributed by atoms with Gasteiger partial charge in [0.2, 0.25) is 0 Å². The van der Waals surface area contributed by atoms with Crippen LogP contribution in [0, 0.1) is 5.92 Å². The van der Waals surface area contributed by atoms with Crippen molar-refractivity contribution < 1.29 is 14.7 Å². The van der Waals surface area contributed by atoms with Gasteiger partial charge in [0.05, 0.1) is 11.7 Å². The molecule has 0 radical (unpaired) electrons. The van der Waals surface area contributed by atoms with Crippen LogP contribution in [-0.4, -0.2) is 50.2 Å². The molecular formula is C23H25BN4O3S. The maximum atomic E-state index is 14.0. The van der Waals surface area contributed by atoms with E-state index in [0.717, 1.165) is 5.46 Å². The highest BCUT2D eigenvalue weighted by Gasteiger charge is 2.60. The number of carboxylic acids is 1. The van der Waals surface area contributed by atoms with Crippen molar-refractivity contribution in [3.63, 3.8) is 0 Å². The van der Waals surface area contributed by atoms with Crippen molar-refractivity contribution in [2.24, 2.45) is 5.92 Å². The van der Waals surface area contributed by atoms with Crippen LogP contribution in [0.25, 0.3) is 0 Å². The summed E-state index contributed by atoms with van der Waals surface area (Å²) in [5, 5.41) is 13.1. The van der Waals surface area contributed by atoms with E-state index in [4.69, 9.17) is 0 Å². The fourth-order valence-electron chi connectivity index (χ4n) is 4.82. The molecule has 3 heterocycles. The number of aliphatic carboxylic acids is 1. The standard InChI is InChI=1S/C23H25BN4O3S/c1-14(2)11-23(22(30)31)12-17(18-13-25-6-7-26-18)19(20-27-8-9-32-20)28(23)21(29)15-4-3-5-16(24)10-15/h3-10,13-14,17,19H,11-12,24H2,1-2H3,(H,30,31)/t17-,19-,23+/m1/s1. The topological polar surface area (TPSA) is 96.3 Å². The van der Waals surface area contributed by atoms with Gasteiger partial charge in [-0.05, 0) is 24.8 Å². The minimum Gasteiger partial charge on any atom is -0.479 e. The molecule has 3 atom stereocenters. The number of carbonyl (C=O) groups is 2. The van der Waals surface area contributed by atoms with E-state index < -0.39 is 17.6 Å². The summed E-state index contributed by atoms with van der Waals surface area (Å²) in [6.07, 6.45) is 7.12. The summed E-state index contributed by atoms with van der Waals surface area (Å²) in [4.78, 5) is 41.7. The smallest absolute Gasteiger partial charge is 0.329 e. The number of rotatable bonds is 6. The van der Waals surface area contributed by atoms with E-state index >= 15 is 0 Å². The molecular weight excluding hydrogens is 423 g/mol. The number of carboxylic acid groups (broad SMARTS) is 1. The molecule has 0 spiro atoms. The lowest BCUT2D eigenvalue weighted by atomic mass is 9.83. The van der Waals surface area contributed by atoms with Crippen molar-refractivity contribution in [3.8, 4) is 0 Å². The molecule has 1 saturated heterocycles. The first-order valence-electron chi connectivity index (χ1n) is 10.6. The lowest BCUT2D eigenvalue weighted by Gasteiger charge is -2.38. The van der Waals surface area contributed by atoms with E-state index in [-0.39, 0.29) is 24.2 Å². The molecule has 164 valence electrons. The van der Waals surface area contributed by atoms with Crippen LogP contribution in [0.15, 0.2) is 54.4 Å². The van der Waals surface area contributed by atoms with Crippen LogP contribution in [0.2, 0.25) is 0 Å². The number of aromatic nitrogens is 3. The Hall–Kier alpha value is -3.07. The molecule has 1 amide bonds. The quantitative estimate of drug-likeness (QED) is 0.582. The van der Waals surface area contributed by atoms with E-state index in [1.807, 2.05) is 39.2 Å². The molecule has 1 aromatic carbocycles. The fourth-order valence-corrected chi connectivity index (χ4v) is 5.62. The number of carbonyl (C=O) groups excluding carboxylic acids is 1. The van der Waals surface area contributed by atoms with Gasteiger partial charge in [-0.15, -0.1) is 11.3 Å². The lowest BCUT2D eigenvalue weighted by molar-refractivity contribution is -0.150. The highest BCUT2D eigenvalue weighted by Crippen LogP contribution is 2.54. The van der Waals surface area contributed by atoms with E-state index in [9.17, 15) is 14.7 Å². The maximum Gasteiger partial charge on any atom is 0.329 e. The highest BCUT2D eigenvalue weighted by atomic mass is 32.1. The van der Waals surface area contributed by atoms with Gasteiger partial charge >= 0.3 is 5.97 Å². The third-order valence-electron chi connectivity index (χ3n) is 5.97. The number of nitrogens with zero attached hydrogens (tertiary/aromatic N) is 4. The van der Waals surface area contributed by atoms with E-state index in [0.29, 0.717) is 22.7 Å². The molecule has 1 N–H and O–H groups in total. The average Bonchev–Trinajstić information content (AvgIpc) is 3.40. The monoisotopic (exact) mass is 448 g/mol. The largest absolute Gasteiger partial charge is 0.479 e. The summed E-state index contributed by atoms with van der Waals surface area (Å²) >= 11 is 1.42. The number of amides is 1. The zero-order chi connectivity index (χ0) is 22.9. The molecule has 0 aliphatic carbocycles. The molecule has 4 rings (SSSR count). The van der Waals surface area contributed by atoms with Crippen LogP contribution in [0.5, 0.6) is 0 Å². The van der Waals surface area contributed by atoms with Crippen molar-refractivity contribution in [2.45, 2.75) is 44.2 Å². The molecule has 9 heteroatoms. The summed E-state index contributed by atoms with van der Waals surface area (Å²) in [5.41, 5.74) is 0.700. The van der Waals surface area contributed by atoms with Crippen LogP contribution in [-0.2, 0) is 4.79 Å². The SMILES string of the molecule is Bc1cccc(C(=O)N2[C@@H](c3nccs3)[C@@H](c3cnccn3)C[C@@]2(CC(C)C)C(=O)O)c1. The Morgan fingerprint density at radius 2 is 2.09 bits per heavy atom. The maximum absolute atomic E-state index is 14.0. The first-order chi connectivity index (χ1) is 15.3. The number of hydrogen-bond acceptors (Lipinski definition) is 6. The van der Waals surface area contributed by atoms with Crippen LogP contribution in [0.4, 0.5) is 0 Å². The van der Waals surface area contributed by atoms with Crippen LogP contribution in [0.3, 0.4) is 0 Å². The first kappa shape index (κ1) is 22.1. The molecule has 0 unspecified atom stereocenters. The lowest BCUT2D eigenvalue weighted by Crippen LogP contribution is -2.54. The molecule has 1 aliphatic rings. The number of likely N-dealkylation sites (tertiary alicyclic amines) is 1. The Labute approximate surface area is 192 Å². The second-order valence-electron chi connectivity index (χ2n) is 8.74. The number of hydrogen-bond donors (Lipinski definition) is 1. The van der Waals surface area contributed by atoms with Crippen molar-refractivity contribution in [3.05, 3.63) is 70.7 Å². The predicted molar refractivity (Wildman–Crippen MR) is 125 cm³/mol. The van der Waals surface area contributed by atoms with Gasteiger partial charge in [0.15, 0.2) is 0 Å². The zero-order valence-corrected chi connectivity index (χ0v) is 19.1. The summed E-state index contributed by atoms with van der Waals surface area (Å²) in [6.45, 7) is 3.96. The Morgan fingerprint density at radius 3 is 2.69 bits per heavy atom. The number of benzene rings is 1. The third-order valence-corrected chi connectivity index (χ3v) is 6.82. The van der Waals surface area contributed by atoms with Crippen LogP contribution < -0.4 is 5.46 Å². The summed E-state index contributed by atoms with van der Waals surface area (Å²) in [5.74, 6) is -1.57. The molecule has 0 saturated carbocycles. The van der Waals surface area contributed by atoms with Crippen molar-refractivity contribution >= 4 is 36.5 Å². The normalized spacial score (nSPS) is 22.9. The summed E-state index contributed by atoms with van der Waals surface area (Å²) in [7, 11) is 1.92. The van der Waals surface area contributed by atoms with E-state index in [1.54, 1.807) is 41.8 Å². The Bertz CT molecular complexity index is 1110. The average molecular weight is 448 g/mol. The van der Waals surface area contributed by atoms with Gasteiger partial charge in [0.25, 0.3) is 5.91 Å². The van der Waals surface area contributed by atoms with Gasteiger partial charge in [-0.2, -0.15) is 0 Å². The fraction of sp³-hybridized carbons (Fsp3) is 0.348. The van der Waals surface area contributed by atoms with Crippen molar-refractivity contribution in [1.82, 2.24) is 19.9 Å². The van der Waals surface area contributed by atoms with Gasteiger partial charge in [0, 0.05) is 41.6 Å². The minimum atomic E-state index is -1.38. The van der Waals surface area contributed by atoms with E-state index in [1.165, 1.54) is 11.3 Å². The minimum absolute atomic E-state index is 0.0662. The van der Waals surface area contributed by atoms with Crippen LogP contribution in [0.1, 0.15) is 59.7 Å². The summed E-state index contributed by atoms with van der Waals surface area (Å²) < 4.78 is 0. The van der Waals surface area contributed by atoms with Gasteiger partial charge in [-0.3, -0.25) is 14.8 Å². The summed E-state index contributed by atoms with van der Waals surface area (Å²) in [6, 6.07) is 6.74. The van der Waals surface area contributed by atoms with Gasteiger partial charge < -0.3 is 10.0 Å². The first-order valence-corrected chi connectivity index (χ1v) is 11.5. The molecule has 2 aromatic heterocycles. The molecule has 32 heavy (non-hydrogen) atoms. The Morgan fingerprint density at radius 1 is 1.28 bits per heavy atom. The molecule has 7 nitrogen and oxygen atoms in total. The zero-order valence-electron chi connectivity index (χ0n) is 18.3.